The summed E-state index contributed by atoms with van der Waals surface area (Å²) in [5.74, 6) is -0.659. The van der Waals surface area contributed by atoms with Gasteiger partial charge in [-0.2, -0.15) is 5.10 Å². The van der Waals surface area contributed by atoms with Gasteiger partial charge in [0.05, 0.1) is 35.8 Å². The van der Waals surface area contributed by atoms with Crippen molar-refractivity contribution in [3.63, 3.8) is 0 Å². The molecule has 0 spiro atoms. The number of amides is 1. The molecule has 0 aliphatic rings. The minimum Gasteiger partial charge on any atom is -0.423 e. The zero-order valence-corrected chi connectivity index (χ0v) is 21.3. The smallest absolute Gasteiger partial charge is 0.343 e. The summed E-state index contributed by atoms with van der Waals surface area (Å²) in [5.41, 5.74) is 4.74. The van der Waals surface area contributed by atoms with Crippen LogP contribution in [-0.4, -0.2) is 32.8 Å². The van der Waals surface area contributed by atoms with Gasteiger partial charge in [-0.15, -0.1) is 0 Å². The van der Waals surface area contributed by atoms with Gasteiger partial charge in [-0.1, -0.05) is 60.7 Å². The maximum Gasteiger partial charge on any atom is 0.343 e. The molecule has 192 valence electrons. The average molecular weight is 528 g/mol. The molecule has 0 unspecified atom stereocenters. The second kappa shape index (κ2) is 12.0. The van der Waals surface area contributed by atoms with Crippen molar-refractivity contribution in [3.05, 3.63) is 131 Å². The summed E-state index contributed by atoms with van der Waals surface area (Å²) < 4.78 is 31.8. The number of carbonyl (C=O) groups excluding carboxylic acids is 2. The highest BCUT2D eigenvalue weighted by Gasteiger charge is 2.23. The Labute approximate surface area is 221 Å². The van der Waals surface area contributed by atoms with Crippen LogP contribution in [0.4, 0.5) is 5.69 Å². The van der Waals surface area contributed by atoms with Crippen molar-refractivity contribution in [2.45, 2.75) is 6.54 Å². The molecular formula is C29H25N3O5S. The van der Waals surface area contributed by atoms with Crippen molar-refractivity contribution >= 4 is 33.8 Å². The van der Waals surface area contributed by atoms with Crippen LogP contribution in [0.2, 0.25) is 0 Å². The first-order valence-electron chi connectivity index (χ1n) is 11.6. The van der Waals surface area contributed by atoms with Crippen LogP contribution in [0.15, 0.2) is 114 Å². The second-order valence-electron chi connectivity index (χ2n) is 8.30. The van der Waals surface area contributed by atoms with E-state index in [-0.39, 0.29) is 17.8 Å². The van der Waals surface area contributed by atoms with E-state index >= 15 is 0 Å². The maximum absolute atomic E-state index is 12.9. The third kappa shape index (κ3) is 6.92. The molecule has 4 aromatic carbocycles. The normalized spacial score (nSPS) is 11.2. The minimum atomic E-state index is -3.69. The molecule has 1 N–H and O–H groups in total. The van der Waals surface area contributed by atoms with E-state index in [9.17, 15) is 18.0 Å². The maximum atomic E-state index is 12.9. The summed E-state index contributed by atoms with van der Waals surface area (Å²) in [7, 11) is -3.69. The summed E-state index contributed by atoms with van der Waals surface area (Å²) in [4.78, 5) is 25.1. The van der Waals surface area contributed by atoms with Crippen LogP contribution in [0.3, 0.4) is 0 Å². The van der Waals surface area contributed by atoms with Gasteiger partial charge < -0.3 is 4.74 Å². The third-order valence-corrected chi connectivity index (χ3v) is 6.59. The van der Waals surface area contributed by atoms with Crippen LogP contribution >= 0.6 is 0 Å². The lowest BCUT2D eigenvalue weighted by molar-refractivity contribution is 0.0734. The van der Waals surface area contributed by atoms with Crippen molar-refractivity contribution in [1.29, 1.82) is 0 Å². The molecule has 4 rings (SSSR count). The van der Waals surface area contributed by atoms with Crippen LogP contribution < -0.4 is 14.5 Å². The number of carbonyl (C=O) groups is 2. The Kier molecular flexibility index (Phi) is 8.30. The molecule has 0 radical (unpaired) electrons. The number of nitrogens with one attached hydrogen (secondary N) is 1. The first-order chi connectivity index (χ1) is 18.3. The Hall–Kier alpha value is -4.76. The number of hydrazone groups is 1. The molecule has 9 heteroatoms. The van der Waals surface area contributed by atoms with Gasteiger partial charge in [0.2, 0.25) is 10.0 Å². The number of hydrogen-bond acceptors (Lipinski definition) is 6. The van der Waals surface area contributed by atoms with E-state index in [0.29, 0.717) is 16.9 Å². The highest BCUT2D eigenvalue weighted by Crippen LogP contribution is 2.25. The Morgan fingerprint density at radius 2 is 1.45 bits per heavy atom. The van der Waals surface area contributed by atoms with Crippen molar-refractivity contribution in [3.8, 4) is 5.75 Å². The fourth-order valence-corrected chi connectivity index (χ4v) is 4.50. The number of esters is 1. The predicted molar refractivity (Wildman–Crippen MR) is 147 cm³/mol. The van der Waals surface area contributed by atoms with Gasteiger partial charge in [0.1, 0.15) is 5.75 Å². The standard InChI is InChI=1S/C29H25N3O5S/c1-38(35,36)32(21-23-10-4-2-5-11-23)27-15-9-8-14-26(27)28(33)31-30-20-22-16-18-25(19-17-22)37-29(34)24-12-6-3-7-13-24/h2-20H,21H2,1H3,(H,31,33)/b30-20+. The Bertz CT molecular complexity index is 1540. The van der Waals surface area contributed by atoms with Crippen LogP contribution in [0, 0.1) is 0 Å². The van der Waals surface area contributed by atoms with Gasteiger partial charge in [0.15, 0.2) is 0 Å². The molecule has 8 nitrogen and oxygen atoms in total. The number of nitrogens with zero attached hydrogens (tertiary/aromatic N) is 2. The molecule has 4 aromatic rings. The summed E-state index contributed by atoms with van der Waals surface area (Å²) in [6.45, 7) is 0.0778. The number of ether oxygens (including phenoxy) is 1. The van der Waals surface area contributed by atoms with Gasteiger partial charge in [-0.05, 0) is 59.7 Å². The first-order valence-corrected chi connectivity index (χ1v) is 13.5. The molecule has 0 aromatic heterocycles. The molecule has 0 heterocycles. The number of hydrogen-bond donors (Lipinski definition) is 1. The van der Waals surface area contributed by atoms with Crippen LogP contribution in [0.5, 0.6) is 5.75 Å². The largest absolute Gasteiger partial charge is 0.423 e. The Balaban J connectivity index is 1.44. The zero-order valence-electron chi connectivity index (χ0n) is 20.5. The SMILES string of the molecule is CS(=O)(=O)N(Cc1ccccc1)c1ccccc1C(=O)N/N=C/c1ccc(OC(=O)c2ccccc2)cc1. The molecule has 1 amide bonds. The molecule has 0 aliphatic carbocycles. The summed E-state index contributed by atoms with van der Waals surface area (Å²) >= 11 is 0. The quantitative estimate of drug-likeness (QED) is 0.148. The van der Waals surface area contributed by atoms with E-state index in [1.807, 2.05) is 36.4 Å². The average Bonchev–Trinajstić information content (AvgIpc) is 2.93. The molecule has 0 aliphatic heterocycles. The van der Waals surface area contributed by atoms with Gasteiger partial charge >= 0.3 is 5.97 Å². The monoisotopic (exact) mass is 527 g/mol. The molecular weight excluding hydrogens is 502 g/mol. The van der Waals surface area contributed by atoms with Gasteiger partial charge in [-0.3, -0.25) is 9.10 Å². The van der Waals surface area contributed by atoms with Crippen LogP contribution in [0.25, 0.3) is 0 Å². The lowest BCUT2D eigenvalue weighted by Gasteiger charge is -2.24. The van der Waals surface area contributed by atoms with Crippen LogP contribution in [-0.2, 0) is 16.6 Å². The van der Waals surface area contributed by atoms with Crippen LogP contribution in [0.1, 0.15) is 31.8 Å². The van der Waals surface area contributed by atoms with E-state index in [1.165, 1.54) is 10.5 Å². The molecule has 0 fully saturated rings. The Morgan fingerprint density at radius 1 is 0.842 bits per heavy atom. The number of benzene rings is 4. The van der Waals surface area contributed by atoms with E-state index < -0.39 is 21.9 Å². The minimum absolute atomic E-state index is 0.0778. The molecule has 0 bridgehead atoms. The fraction of sp³-hybridized carbons (Fsp3) is 0.0690. The highest BCUT2D eigenvalue weighted by atomic mass is 32.2. The van der Waals surface area contributed by atoms with Gasteiger partial charge in [0, 0.05) is 0 Å². The number of anilines is 1. The number of rotatable bonds is 9. The molecule has 38 heavy (non-hydrogen) atoms. The lowest BCUT2D eigenvalue weighted by Crippen LogP contribution is -2.32. The van der Waals surface area contributed by atoms with Crippen molar-refractivity contribution in [2.24, 2.45) is 5.10 Å². The van der Waals surface area contributed by atoms with E-state index in [1.54, 1.807) is 72.8 Å². The summed E-state index contributed by atoms with van der Waals surface area (Å²) in [6.07, 6.45) is 2.53. The predicted octanol–water partition coefficient (Wildman–Crippen LogP) is 4.64. The Morgan fingerprint density at radius 3 is 2.11 bits per heavy atom. The highest BCUT2D eigenvalue weighted by molar-refractivity contribution is 7.92. The van der Waals surface area contributed by atoms with Crippen molar-refractivity contribution in [1.82, 2.24) is 5.43 Å². The second-order valence-corrected chi connectivity index (χ2v) is 10.2. The number of sulfonamides is 1. The zero-order chi connectivity index (χ0) is 27.0. The van der Waals surface area contributed by atoms with E-state index in [4.69, 9.17) is 4.74 Å². The van der Waals surface area contributed by atoms with E-state index in [2.05, 4.69) is 10.5 Å². The topological polar surface area (TPSA) is 105 Å². The summed E-state index contributed by atoms with van der Waals surface area (Å²) in [6, 6.07) is 30.8. The third-order valence-electron chi connectivity index (χ3n) is 5.47. The van der Waals surface area contributed by atoms with Gasteiger partial charge in [-0.25, -0.2) is 18.6 Å². The van der Waals surface area contributed by atoms with Gasteiger partial charge in [0.25, 0.3) is 5.91 Å². The lowest BCUT2D eigenvalue weighted by atomic mass is 10.1. The first kappa shape index (κ1) is 26.3. The van der Waals surface area contributed by atoms with E-state index in [0.717, 1.165) is 11.8 Å². The fourth-order valence-electron chi connectivity index (χ4n) is 3.60. The molecule has 0 saturated heterocycles. The van der Waals surface area contributed by atoms with Crippen molar-refractivity contribution in [2.75, 3.05) is 10.6 Å². The molecule has 0 atom stereocenters. The number of para-hydroxylation sites is 1. The summed E-state index contributed by atoms with van der Waals surface area (Å²) in [5, 5.41) is 4.00. The molecule has 0 saturated carbocycles. The van der Waals surface area contributed by atoms with Crippen molar-refractivity contribution < 1.29 is 22.7 Å².